The Kier molecular flexibility index (Phi) is 4.59. The number of anilines is 2. The molecule has 18 heavy (non-hydrogen) atoms. The van der Waals surface area contributed by atoms with Gasteiger partial charge in [-0.05, 0) is 44.0 Å². The number of rotatable bonds is 5. The van der Waals surface area contributed by atoms with Gasteiger partial charge in [-0.1, -0.05) is 0 Å². The van der Waals surface area contributed by atoms with Crippen LogP contribution in [0.5, 0.6) is 0 Å². The molecule has 1 aromatic carbocycles. The first-order valence-electron chi connectivity index (χ1n) is 5.86. The minimum atomic E-state index is -3.25. The van der Waals surface area contributed by atoms with E-state index >= 15 is 0 Å². The lowest BCUT2D eigenvalue weighted by molar-refractivity contribution is 0.573. The summed E-state index contributed by atoms with van der Waals surface area (Å²) in [7, 11) is -3.25. The average molecular weight is 271 g/mol. The highest BCUT2D eigenvalue weighted by Crippen LogP contribution is 2.30. The Bertz CT molecular complexity index is 526. The van der Waals surface area contributed by atoms with Gasteiger partial charge in [0.1, 0.15) is 0 Å². The smallest absolute Gasteiger partial charge is 0.209 e. The molecule has 0 radical (unpaired) electrons. The van der Waals surface area contributed by atoms with Crippen LogP contribution in [0.3, 0.4) is 0 Å². The van der Waals surface area contributed by atoms with Crippen LogP contribution in [0.1, 0.15) is 31.0 Å². The van der Waals surface area contributed by atoms with Gasteiger partial charge in [0, 0.05) is 24.0 Å². The maximum atomic E-state index is 11.3. The van der Waals surface area contributed by atoms with Crippen molar-refractivity contribution < 1.29 is 8.42 Å². The molecule has 0 saturated heterocycles. The van der Waals surface area contributed by atoms with Gasteiger partial charge in [-0.25, -0.2) is 13.1 Å². The number of nitrogen functional groups attached to an aromatic ring is 1. The molecular formula is C12H21N3O2S. The Hall–Kier alpha value is -1.27. The van der Waals surface area contributed by atoms with Crippen LogP contribution in [0.15, 0.2) is 12.1 Å². The fourth-order valence-corrected chi connectivity index (χ4v) is 2.79. The average Bonchev–Trinajstić information content (AvgIpc) is 2.21. The van der Waals surface area contributed by atoms with Crippen LogP contribution in [-0.4, -0.2) is 21.2 Å². The van der Waals surface area contributed by atoms with E-state index in [0.29, 0.717) is 5.69 Å². The summed E-state index contributed by atoms with van der Waals surface area (Å²) in [6.07, 6.45) is 1.15. The predicted octanol–water partition coefficient (Wildman–Crippen LogP) is 1.62. The Morgan fingerprint density at radius 3 is 2.50 bits per heavy atom. The van der Waals surface area contributed by atoms with Crippen molar-refractivity contribution in [3.8, 4) is 0 Å². The van der Waals surface area contributed by atoms with Crippen molar-refractivity contribution in [3.63, 3.8) is 0 Å². The Morgan fingerprint density at radius 1 is 1.39 bits per heavy atom. The minimum absolute atomic E-state index is 0.322. The highest BCUT2D eigenvalue weighted by molar-refractivity contribution is 7.88. The second kappa shape index (κ2) is 5.58. The second-order valence-electron chi connectivity index (χ2n) is 4.38. The maximum absolute atomic E-state index is 11.3. The molecule has 1 unspecified atom stereocenters. The van der Waals surface area contributed by atoms with Crippen molar-refractivity contribution >= 4 is 21.4 Å². The Labute approximate surface area is 109 Å². The van der Waals surface area contributed by atoms with E-state index in [-0.39, 0.29) is 6.04 Å². The molecular weight excluding hydrogens is 250 g/mol. The molecule has 0 saturated carbocycles. The zero-order valence-electron chi connectivity index (χ0n) is 11.2. The van der Waals surface area contributed by atoms with E-state index in [1.807, 2.05) is 32.9 Å². The summed E-state index contributed by atoms with van der Waals surface area (Å²) in [4.78, 5) is 0. The summed E-state index contributed by atoms with van der Waals surface area (Å²) in [6, 6.07) is 3.38. The number of benzene rings is 1. The molecule has 5 nitrogen and oxygen atoms in total. The second-order valence-corrected chi connectivity index (χ2v) is 6.16. The van der Waals surface area contributed by atoms with Gasteiger partial charge >= 0.3 is 0 Å². The molecule has 0 spiro atoms. The first kappa shape index (κ1) is 14.8. The van der Waals surface area contributed by atoms with E-state index in [0.717, 1.165) is 29.6 Å². The van der Waals surface area contributed by atoms with Crippen LogP contribution < -0.4 is 15.8 Å². The highest BCUT2D eigenvalue weighted by Gasteiger charge is 2.18. The zero-order chi connectivity index (χ0) is 13.9. The van der Waals surface area contributed by atoms with Crippen LogP contribution >= 0.6 is 0 Å². The summed E-state index contributed by atoms with van der Waals surface area (Å²) >= 11 is 0. The topological polar surface area (TPSA) is 84.2 Å². The highest BCUT2D eigenvalue weighted by atomic mass is 32.2. The van der Waals surface area contributed by atoms with Crippen molar-refractivity contribution in [2.45, 2.75) is 26.8 Å². The van der Waals surface area contributed by atoms with Gasteiger partial charge in [0.15, 0.2) is 0 Å². The van der Waals surface area contributed by atoms with E-state index < -0.39 is 10.0 Å². The van der Waals surface area contributed by atoms with Crippen molar-refractivity contribution in [2.75, 3.05) is 23.9 Å². The summed E-state index contributed by atoms with van der Waals surface area (Å²) in [5.41, 5.74) is 9.24. The minimum Gasteiger partial charge on any atom is -0.399 e. The van der Waals surface area contributed by atoms with Crippen molar-refractivity contribution in [3.05, 3.63) is 23.3 Å². The molecule has 0 bridgehead atoms. The molecule has 0 amide bonds. The lowest BCUT2D eigenvalue weighted by atomic mass is 9.99. The van der Waals surface area contributed by atoms with Gasteiger partial charge < -0.3 is 11.1 Å². The van der Waals surface area contributed by atoms with E-state index in [9.17, 15) is 8.42 Å². The van der Waals surface area contributed by atoms with E-state index in [4.69, 9.17) is 5.73 Å². The summed E-state index contributed by atoms with van der Waals surface area (Å²) in [6.45, 7) is 6.46. The van der Waals surface area contributed by atoms with Gasteiger partial charge in [-0.3, -0.25) is 0 Å². The normalized spacial score (nSPS) is 13.3. The molecule has 102 valence electrons. The van der Waals surface area contributed by atoms with Crippen LogP contribution in [-0.2, 0) is 10.0 Å². The molecule has 1 aromatic rings. The van der Waals surface area contributed by atoms with E-state index in [1.165, 1.54) is 0 Å². The molecule has 0 heterocycles. The lowest BCUT2D eigenvalue weighted by Gasteiger charge is -2.21. The Morgan fingerprint density at radius 2 is 2.00 bits per heavy atom. The largest absolute Gasteiger partial charge is 0.399 e. The maximum Gasteiger partial charge on any atom is 0.209 e. The molecule has 0 aromatic heterocycles. The van der Waals surface area contributed by atoms with Gasteiger partial charge in [-0.2, -0.15) is 0 Å². The van der Waals surface area contributed by atoms with Crippen LogP contribution in [0, 0.1) is 6.92 Å². The molecule has 1 atom stereocenters. The summed E-state index contributed by atoms with van der Waals surface area (Å²) < 4.78 is 25.2. The van der Waals surface area contributed by atoms with Crippen LogP contribution in [0.25, 0.3) is 0 Å². The number of hydrogen-bond donors (Lipinski definition) is 3. The van der Waals surface area contributed by atoms with Gasteiger partial charge in [0.2, 0.25) is 10.0 Å². The monoisotopic (exact) mass is 271 g/mol. The molecule has 0 aliphatic rings. The van der Waals surface area contributed by atoms with Gasteiger partial charge in [-0.15, -0.1) is 0 Å². The number of nitrogens with two attached hydrogens (primary N) is 1. The number of sulfonamides is 1. The standard InChI is InChI=1S/C12H21N3O2S/c1-5-14-11-7-6-10(13)8(2)12(11)9(3)15-18(4,16)17/h6-7,9,14-15H,5,13H2,1-4H3. The van der Waals surface area contributed by atoms with Crippen LogP contribution in [0.4, 0.5) is 11.4 Å². The fraction of sp³-hybridized carbons (Fsp3) is 0.500. The first-order chi connectivity index (χ1) is 8.26. The molecule has 6 heteroatoms. The zero-order valence-corrected chi connectivity index (χ0v) is 12.1. The molecule has 1 rings (SSSR count). The third-order valence-electron chi connectivity index (χ3n) is 2.75. The van der Waals surface area contributed by atoms with Crippen molar-refractivity contribution in [2.24, 2.45) is 0 Å². The summed E-state index contributed by atoms with van der Waals surface area (Å²) in [5, 5.41) is 3.22. The predicted molar refractivity (Wildman–Crippen MR) is 76.1 cm³/mol. The quantitative estimate of drug-likeness (QED) is 0.710. The fourth-order valence-electron chi connectivity index (χ4n) is 2.03. The number of nitrogens with one attached hydrogen (secondary N) is 2. The molecule has 0 fully saturated rings. The Balaban J connectivity index is 3.23. The van der Waals surface area contributed by atoms with Crippen molar-refractivity contribution in [1.29, 1.82) is 0 Å². The van der Waals surface area contributed by atoms with E-state index in [1.54, 1.807) is 0 Å². The van der Waals surface area contributed by atoms with Crippen molar-refractivity contribution in [1.82, 2.24) is 4.72 Å². The molecule has 0 aliphatic carbocycles. The molecule has 4 N–H and O–H groups in total. The SMILES string of the molecule is CCNc1ccc(N)c(C)c1C(C)NS(C)(=O)=O. The third-order valence-corrected chi connectivity index (χ3v) is 3.53. The van der Waals surface area contributed by atoms with E-state index in [2.05, 4.69) is 10.0 Å². The van der Waals surface area contributed by atoms with Gasteiger partial charge in [0.05, 0.1) is 6.26 Å². The third kappa shape index (κ3) is 3.61. The van der Waals surface area contributed by atoms with Crippen LogP contribution in [0.2, 0.25) is 0 Å². The first-order valence-corrected chi connectivity index (χ1v) is 7.75. The van der Waals surface area contributed by atoms with Gasteiger partial charge in [0.25, 0.3) is 0 Å². The molecule has 0 aliphatic heterocycles. The number of hydrogen-bond acceptors (Lipinski definition) is 4. The summed E-state index contributed by atoms with van der Waals surface area (Å²) in [5.74, 6) is 0. The lowest BCUT2D eigenvalue weighted by Crippen LogP contribution is -2.26.